The molecule has 3 heteroatoms. The average Bonchev–Trinajstić information content (AvgIpc) is 2.09. The molecule has 0 aromatic heterocycles. The molecule has 0 aliphatic heterocycles. The van der Waals surface area contributed by atoms with Crippen LogP contribution in [0.5, 0.6) is 0 Å². The molecule has 0 aliphatic carbocycles. The summed E-state index contributed by atoms with van der Waals surface area (Å²) in [6, 6.07) is 6.15. The second-order valence-corrected chi connectivity index (χ2v) is 4.41. The number of halogens is 1. The van der Waals surface area contributed by atoms with E-state index in [1.807, 2.05) is 13.0 Å². The van der Waals surface area contributed by atoms with Crippen molar-refractivity contribution >= 4 is 23.5 Å². The van der Waals surface area contributed by atoms with E-state index in [-0.39, 0.29) is 0 Å². The molecule has 0 fully saturated rings. The van der Waals surface area contributed by atoms with Gasteiger partial charge in [-0.1, -0.05) is 42.6 Å². The first-order chi connectivity index (χ1) is 6.24. The first-order valence-electron chi connectivity index (χ1n) is 4.33. The second-order valence-electron chi connectivity index (χ2n) is 2.85. The first kappa shape index (κ1) is 10.9. The lowest BCUT2D eigenvalue weighted by molar-refractivity contribution is 0.975. The van der Waals surface area contributed by atoms with Crippen LogP contribution in [-0.4, -0.2) is 5.75 Å². The highest BCUT2D eigenvalue weighted by molar-refractivity contribution is 7.97. The van der Waals surface area contributed by atoms with Gasteiger partial charge < -0.3 is 0 Å². The molecule has 0 aliphatic rings. The lowest BCUT2D eigenvalue weighted by Gasteiger charge is -2.05. The van der Waals surface area contributed by atoms with Crippen molar-refractivity contribution in [3.63, 3.8) is 0 Å². The van der Waals surface area contributed by atoms with Gasteiger partial charge in [-0.25, -0.2) is 0 Å². The van der Waals surface area contributed by atoms with Crippen molar-refractivity contribution in [3.05, 3.63) is 34.3 Å². The van der Waals surface area contributed by atoms with E-state index in [2.05, 4.69) is 23.8 Å². The van der Waals surface area contributed by atoms with E-state index in [1.165, 1.54) is 5.56 Å². The van der Waals surface area contributed by atoms with Gasteiger partial charge in [0.1, 0.15) is 0 Å². The van der Waals surface area contributed by atoms with Crippen LogP contribution in [0.25, 0.3) is 0 Å². The zero-order valence-corrected chi connectivity index (χ0v) is 9.50. The Bertz CT molecular complexity index is 276. The SMILES string of the molecule is CCSNCc1ccc(C)cc1Cl. The number of rotatable bonds is 4. The molecular formula is C10H14ClNS. The van der Waals surface area contributed by atoms with Crippen molar-refractivity contribution in [3.8, 4) is 0 Å². The third kappa shape index (κ3) is 3.59. The summed E-state index contributed by atoms with van der Waals surface area (Å²) in [4.78, 5) is 0. The molecule has 1 N–H and O–H groups in total. The molecule has 0 unspecified atom stereocenters. The van der Waals surface area contributed by atoms with Gasteiger partial charge in [0.25, 0.3) is 0 Å². The van der Waals surface area contributed by atoms with Crippen LogP contribution in [0.2, 0.25) is 5.02 Å². The Hall–Kier alpha value is -0.180. The van der Waals surface area contributed by atoms with Gasteiger partial charge in [-0.05, 0) is 24.1 Å². The molecule has 1 nitrogen and oxygen atoms in total. The summed E-state index contributed by atoms with van der Waals surface area (Å²) in [5.74, 6) is 1.07. The Kier molecular flexibility index (Phi) is 4.64. The summed E-state index contributed by atoms with van der Waals surface area (Å²) in [6.07, 6.45) is 0. The smallest absolute Gasteiger partial charge is 0.0453 e. The zero-order valence-electron chi connectivity index (χ0n) is 7.93. The molecule has 0 bridgehead atoms. The summed E-state index contributed by atoms with van der Waals surface area (Å²) in [5, 5.41) is 0.851. The normalized spacial score (nSPS) is 10.4. The van der Waals surface area contributed by atoms with Crippen molar-refractivity contribution in [2.45, 2.75) is 20.4 Å². The van der Waals surface area contributed by atoms with E-state index in [4.69, 9.17) is 11.6 Å². The van der Waals surface area contributed by atoms with Crippen LogP contribution in [-0.2, 0) is 6.54 Å². The van der Waals surface area contributed by atoms with Gasteiger partial charge in [-0.15, -0.1) is 0 Å². The number of hydrogen-bond acceptors (Lipinski definition) is 2. The molecule has 0 saturated heterocycles. The lowest BCUT2D eigenvalue weighted by Crippen LogP contribution is -2.03. The predicted octanol–water partition coefficient (Wildman–Crippen LogP) is 3.41. The highest BCUT2D eigenvalue weighted by Gasteiger charge is 1.98. The molecule has 1 aromatic carbocycles. The maximum Gasteiger partial charge on any atom is 0.0453 e. The van der Waals surface area contributed by atoms with Gasteiger partial charge in [0.05, 0.1) is 0 Å². The maximum atomic E-state index is 6.06. The first-order valence-corrected chi connectivity index (χ1v) is 5.70. The number of hydrogen-bond donors (Lipinski definition) is 1. The Morgan fingerprint density at radius 3 is 2.85 bits per heavy atom. The minimum Gasteiger partial charge on any atom is -0.260 e. The molecule has 0 spiro atoms. The van der Waals surface area contributed by atoms with Crippen molar-refractivity contribution in [2.75, 3.05) is 5.75 Å². The highest BCUT2D eigenvalue weighted by Crippen LogP contribution is 2.17. The number of nitrogens with one attached hydrogen (secondary N) is 1. The summed E-state index contributed by atoms with van der Waals surface area (Å²) in [6.45, 7) is 5.00. The van der Waals surface area contributed by atoms with Crippen molar-refractivity contribution in [2.24, 2.45) is 0 Å². The van der Waals surface area contributed by atoms with Gasteiger partial charge in [-0.3, -0.25) is 4.72 Å². The fraction of sp³-hybridized carbons (Fsp3) is 0.400. The third-order valence-electron chi connectivity index (χ3n) is 1.72. The van der Waals surface area contributed by atoms with Crippen LogP contribution in [0.3, 0.4) is 0 Å². The van der Waals surface area contributed by atoms with Crippen molar-refractivity contribution < 1.29 is 0 Å². The quantitative estimate of drug-likeness (QED) is 0.610. The lowest BCUT2D eigenvalue weighted by atomic mass is 10.1. The van der Waals surface area contributed by atoms with Gasteiger partial charge in [0.15, 0.2) is 0 Å². The fourth-order valence-corrected chi connectivity index (χ4v) is 1.79. The average molecular weight is 216 g/mol. The molecule has 1 rings (SSSR count). The van der Waals surface area contributed by atoms with Gasteiger partial charge in [0.2, 0.25) is 0 Å². The molecule has 0 amide bonds. The topological polar surface area (TPSA) is 12.0 Å². The zero-order chi connectivity index (χ0) is 9.68. The van der Waals surface area contributed by atoms with E-state index in [9.17, 15) is 0 Å². The summed E-state index contributed by atoms with van der Waals surface area (Å²) >= 11 is 7.77. The van der Waals surface area contributed by atoms with Crippen LogP contribution < -0.4 is 4.72 Å². The molecule has 72 valence electrons. The number of aryl methyl sites for hydroxylation is 1. The number of benzene rings is 1. The van der Waals surface area contributed by atoms with Crippen LogP contribution in [0.15, 0.2) is 18.2 Å². The van der Waals surface area contributed by atoms with Crippen LogP contribution in [0, 0.1) is 6.92 Å². The van der Waals surface area contributed by atoms with Crippen LogP contribution in [0.4, 0.5) is 0 Å². The predicted molar refractivity (Wildman–Crippen MR) is 61.2 cm³/mol. The van der Waals surface area contributed by atoms with E-state index in [0.717, 1.165) is 22.9 Å². The summed E-state index contributed by atoms with van der Waals surface area (Å²) in [7, 11) is 0. The molecule has 13 heavy (non-hydrogen) atoms. The van der Waals surface area contributed by atoms with Gasteiger partial charge in [-0.2, -0.15) is 0 Å². The van der Waals surface area contributed by atoms with Gasteiger partial charge in [0, 0.05) is 17.3 Å². The summed E-state index contributed by atoms with van der Waals surface area (Å²) in [5.41, 5.74) is 2.37. The molecule has 0 atom stereocenters. The van der Waals surface area contributed by atoms with E-state index >= 15 is 0 Å². The van der Waals surface area contributed by atoms with E-state index in [1.54, 1.807) is 11.9 Å². The van der Waals surface area contributed by atoms with Crippen molar-refractivity contribution in [1.29, 1.82) is 0 Å². The Labute approximate surface area is 89.0 Å². The van der Waals surface area contributed by atoms with Crippen molar-refractivity contribution in [1.82, 2.24) is 4.72 Å². The van der Waals surface area contributed by atoms with E-state index < -0.39 is 0 Å². The molecule has 0 saturated carbocycles. The third-order valence-corrected chi connectivity index (χ3v) is 2.71. The highest BCUT2D eigenvalue weighted by atomic mass is 35.5. The Balaban J connectivity index is 2.56. The molecule has 0 heterocycles. The van der Waals surface area contributed by atoms with Gasteiger partial charge >= 0.3 is 0 Å². The Morgan fingerprint density at radius 1 is 1.46 bits per heavy atom. The monoisotopic (exact) mass is 215 g/mol. The van der Waals surface area contributed by atoms with Crippen LogP contribution >= 0.6 is 23.5 Å². The molecular weight excluding hydrogens is 202 g/mol. The minimum absolute atomic E-state index is 0.831. The molecule has 0 radical (unpaired) electrons. The minimum atomic E-state index is 0.831. The van der Waals surface area contributed by atoms with Crippen LogP contribution in [0.1, 0.15) is 18.1 Å². The maximum absolute atomic E-state index is 6.06. The Morgan fingerprint density at radius 2 is 2.23 bits per heavy atom. The molecule has 1 aromatic rings. The second kappa shape index (κ2) is 5.53. The fourth-order valence-electron chi connectivity index (χ4n) is 1.03. The summed E-state index contributed by atoms with van der Waals surface area (Å²) < 4.78 is 3.24. The standard InChI is InChI=1S/C10H14ClNS/c1-3-13-12-7-9-5-4-8(2)6-10(9)11/h4-6,12H,3,7H2,1-2H3. The largest absolute Gasteiger partial charge is 0.260 e. The van der Waals surface area contributed by atoms with E-state index in [0.29, 0.717) is 0 Å².